The van der Waals surface area contributed by atoms with E-state index in [1.165, 1.54) is 17.9 Å². The van der Waals surface area contributed by atoms with Gasteiger partial charge in [-0.25, -0.2) is 4.68 Å². The van der Waals surface area contributed by atoms with E-state index in [0.29, 0.717) is 17.0 Å². The van der Waals surface area contributed by atoms with Crippen LogP contribution in [-0.4, -0.2) is 22.0 Å². The zero-order chi connectivity index (χ0) is 12.4. The molecule has 0 atom stereocenters. The molecule has 5 heteroatoms. The normalized spacial score (nSPS) is 10.2. The topological polar surface area (TPSA) is 64.4 Å². The van der Waals surface area contributed by atoms with E-state index in [9.17, 15) is 9.90 Å². The van der Waals surface area contributed by atoms with Crippen molar-refractivity contribution >= 4 is 0 Å². The van der Waals surface area contributed by atoms with Crippen molar-refractivity contribution in [3.63, 3.8) is 0 Å². The summed E-state index contributed by atoms with van der Waals surface area (Å²) in [5.41, 5.74) is 0.702. The molecule has 1 aromatic carbocycles. The molecule has 0 fully saturated rings. The molecular formula is C12H12N2O3. The van der Waals surface area contributed by atoms with E-state index in [2.05, 4.69) is 5.10 Å². The molecule has 88 valence electrons. The van der Waals surface area contributed by atoms with E-state index in [1.807, 2.05) is 0 Å². The molecule has 1 N–H and O–H groups in total. The summed E-state index contributed by atoms with van der Waals surface area (Å²) in [4.78, 5) is 11.4. The number of hydrogen-bond acceptors (Lipinski definition) is 4. The maximum Gasteiger partial charge on any atom is 0.270 e. The van der Waals surface area contributed by atoms with E-state index in [4.69, 9.17) is 4.74 Å². The Hall–Kier alpha value is -2.30. The molecule has 0 bridgehead atoms. The first kappa shape index (κ1) is 11.2. The number of ether oxygens (including phenoxy) is 1. The number of phenolic OH excluding ortho intramolecular Hbond substituents is 1. The van der Waals surface area contributed by atoms with Crippen molar-refractivity contribution in [2.24, 2.45) is 7.05 Å². The van der Waals surface area contributed by atoms with Crippen LogP contribution < -0.4 is 10.3 Å². The van der Waals surface area contributed by atoms with Crippen LogP contribution >= 0.6 is 0 Å². The first-order valence-electron chi connectivity index (χ1n) is 5.04. The van der Waals surface area contributed by atoms with Crippen molar-refractivity contribution in [2.75, 3.05) is 7.11 Å². The second-order valence-electron chi connectivity index (χ2n) is 3.54. The Labute approximate surface area is 97.9 Å². The van der Waals surface area contributed by atoms with Gasteiger partial charge in [-0.15, -0.1) is 0 Å². The predicted octanol–water partition coefficient (Wildman–Crippen LogP) is 1.16. The second-order valence-corrected chi connectivity index (χ2v) is 3.54. The maximum absolute atomic E-state index is 11.4. The summed E-state index contributed by atoms with van der Waals surface area (Å²) in [6, 6.07) is 8.11. The molecule has 5 nitrogen and oxygen atoms in total. The van der Waals surface area contributed by atoms with E-state index >= 15 is 0 Å². The zero-order valence-corrected chi connectivity index (χ0v) is 9.54. The summed E-state index contributed by atoms with van der Waals surface area (Å²) in [5.74, 6) is 0.437. The highest BCUT2D eigenvalue weighted by atomic mass is 16.5. The Morgan fingerprint density at radius 2 is 2.06 bits per heavy atom. The Morgan fingerprint density at radius 1 is 1.35 bits per heavy atom. The van der Waals surface area contributed by atoms with Gasteiger partial charge in [-0.1, -0.05) is 12.1 Å². The van der Waals surface area contributed by atoms with Gasteiger partial charge < -0.3 is 9.84 Å². The summed E-state index contributed by atoms with van der Waals surface area (Å²) in [6.07, 6.45) is 0. The molecule has 0 aliphatic rings. The van der Waals surface area contributed by atoms with E-state index < -0.39 is 0 Å². The van der Waals surface area contributed by atoms with Crippen LogP contribution in [0.5, 0.6) is 11.5 Å². The minimum Gasteiger partial charge on any atom is -0.507 e. The van der Waals surface area contributed by atoms with E-state index in [1.54, 1.807) is 31.3 Å². The lowest BCUT2D eigenvalue weighted by Crippen LogP contribution is -2.19. The minimum atomic E-state index is -0.263. The highest BCUT2D eigenvalue weighted by Gasteiger charge is 2.13. The van der Waals surface area contributed by atoms with Crippen LogP contribution in [-0.2, 0) is 7.05 Å². The van der Waals surface area contributed by atoms with Crippen LogP contribution in [0.4, 0.5) is 0 Å². The third-order valence-electron chi connectivity index (χ3n) is 2.44. The van der Waals surface area contributed by atoms with Gasteiger partial charge in [0.2, 0.25) is 0 Å². The first-order chi connectivity index (χ1) is 8.13. The SMILES string of the molecule is COc1cc(=O)n(C)nc1-c1ccccc1O. The molecule has 2 aromatic rings. The fourth-order valence-electron chi connectivity index (χ4n) is 1.54. The molecule has 17 heavy (non-hydrogen) atoms. The van der Waals surface area contributed by atoms with Crippen LogP contribution in [0, 0.1) is 0 Å². The molecule has 0 aliphatic carbocycles. The molecule has 1 aromatic heterocycles. The predicted molar refractivity (Wildman–Crippen MR) is 63.1 cm³/mol. The van der Waals surface area contributed by atoms with Gasteiger partial charge >= 0.3 is 0 Å². The van der Waals surface area contributed by atoms with Gasteiger partial charge in [-0.3, -0.25) is 4.79 Å². The van der Waals surface area contributed by atoms with Crippen LogP contribution in [0.3, 0.4) is 0 Å². The van der Waals surface area contributed by atoms with E-state index in [-0.39, 0.29) is 11.3 Å². The minimum absolute atomic E-state index is 0.0944. The monoisotopic (exact) mass is 232 g/mol. The van der Waals surface area contributed by atoms with Gasteiger partial charge in [-0.05, 0) is 12.1 Å². The average molecular weight is 232 g/mol. The zero-order valence-electron chi connectivity index (χ0n) is 9.54. The van der Waals surface area contributed by atoms with Crippen LogP contribution in [0.2, 0.25) is 0 Å². The van der Waals surface area contributed by atoms with Gasteiger partial charge in [0, 0.05) is 18.7 Å². The summed E-state index contributed by atoms with van der Waals surface area (Å²) in [7, 11) is 3.01. The number of rotatable bonds is 2. The number of phenols is 1. The summed E-state index contributed by atoms with van der Waals surface area (Å²) in [6.45, 7) is 0. The van der Waals surface area contributed by atoms with Gasteiger partial charge in [-0.2, -0.15) is 5.10 Å². The van der Waals surface area contributed by atoms with Crippen LogP contribution in [0.1, 0.15) is 0 Å². The molecule has 0 aliphatic heterocycles. The molecule has 0 spiro atoms. The standard InChI is InChI=1S/C12H12N2O3/c1-14-11(16)7-10(17-2)12(13-14)8-5-3-4-6-9(8)15/h3-7,15H,1-2H3. The number of methoxy groups -OCH3 is 1. The molecule has 1 heterocycles. The second kappa shape index (κ2) is 4.29. The molecular weight excluding hydrogens is 220 g/mol. The molecule has 0 unspecified atom stereocenters. The van der Waals surface area contributed by atoms with Crippen molar-refractivity contribution in [1.29, 1.82) is 0 Å². The first-order valence-corrected chi connectivity index (χ1v) is 5.04. The summed E-state index contributed by atoms with van der Waals surface area (Å²) < 4.78 is 6.30. The summed E-state index contributed by atoms with van der Waals surface area (Å²) >= 11 is 0. The number of aromatic hydroxyl groups is 1. The number of benzene rings is 1. The van der Waals surface area contributed by atoms with Gasteiger partial charge in [0.1, 0.15) is 11.4 Å². The van der Waals surface area contributed by atoms with Gasteiger partial charge in [0.05, 0.1) is 7.11 Å². The maximum atomic E-state index is 11.4. The van der Waals surface area contributed by atoms with Crippen LogP contribution in [0.15, 0.2) is 35.1 Å². The molecule has 0 saturated heterocycles. The van der Waals surface area contributed by atoms with Crippen molar-refractivity contribution in [3.8, 4) is 22.8 Å². The number of aromatic nitrogens is 2. The van der Waals surface area contributed by atoms with Gasteiger partial charge in [0.25, 0.3) is 5.56 Å². The Kier molecular flexibility index (Phi) is 2.82. The Morgan fingerprint density at radius 3 is 2.71 bits per heavy atom. The smallest absolute Gasteiger partial charge is 0.270 e. The molecule has 0 amide bonds. The molecule has 0 saturated carbocycles. The van der Waals surface area contributed by atoms with Crippen molar-refractivity contribution < 1.29 is 9.84 Å². The quantitative estimate of drug-likeness (QED) is 0.843. The van der Waals surface area contributed by atoms with Gasteiger partial charge in [0.15, 0.2) is 5.75 Å². The molecule has 2 rings (SSSR count). The Balaban J connectivity index is 2.71. The third-order valence-corrected chi connectivity index (χ3v) is 2.44. The third kappa shape index (κ3) is 1.99. The number of nitrogens with zero attached hydrogens (tertiary/aromatic N) is 2. The lowest BCUT2D eigenvalue weighted by molar-refractivity contribution is 0.409. The fraction of sp³-hybridized carbons (Fsp3) is 0.167. The number of para-hydroxylation sites is 1. The Bertz CT molecular complexity index is 605. The van der Waals surface area contributed by atoms with Crippen LogP contribution in [0.25, 0.3) is 11.3 Å². The molecule has 0 radical (unpaired) electrons. The average Bonchev–Trinajstić information content (AvgIpc) is 2.33. The number of hydrogen-bond donors (Lipinski definition) is 1. The lowest BCUT2D eigenvalue weighted by atomic mass is 10.1. The lowest BCUT2D eigenvalue weighted by Gasteiger charge is -2.09. The summed E-state index contributed by atoms with van der Waals surface area (Å²) in [5, 5.41) is 13.9. The largest absolute Gasteiger partial charge is 0.507 e. The van der Waals surface area contributed by atoms with E-state index in [0.717, 1.165) is 0 Å². The van der Waals surface area contributed by atoms with Crippen molar-refractivity contribution in [2.45, 2.75) is 0 Å². The fourth-order valence-corrected chi connectivity index (χ4v) is 1.54. The van der Waals surface area contributed by atoms with Crippen molar-refractivity contribution in [3.05, 3.63) is 40.7 Å². The highest BCUT2D eigenvalue weighted by Crippen LogP contribution is 2.32. The van der Waals surface area contributed by atoms with Crippen molar-refractivity contribution in [1.82, 2.24) is 9.78 Å². The number of aryl methyl sites for hydroxylation is 1. The highest BCUT2D eigenvalue weighted by molar-refractivity contribution is 5.71.